The first-order chi connectivity index (χ1) is 14.7. The first kappa shape index (κ1) is 20.5. The molecule has 1 saturated heterocycles. The molecule has 1 aliphatic heterocycles. The van der Waals surface area contributed by atoms with E-state index < -0.39 is 17.9 Å². The van der Waals surface area contributed by atoms with Gasteiger partial charge in [-0.3, -0.25) is 14.9 Å². The van der Waals surface area contributed by atoms with Crippen LogP contribution in [0.15, 0.2) is 59.1 Å². The van der Waals surface area contributed by atoms with E-state index in [2.05, 4.69) is 10.3 Å². The molecular weight excluding hydrogens is 399 g/mol. The van der Waals surface area contributed by atoms with Gasteiger partial charge < -0.3 is 9.72 Å². The Morgan fingerprint density at radius 3 is 2.52 bits per heavy atom. The van der Waals surface area contributed by atoms with E-state index in [1.807, 2.05) is 39.0 Å². The van der Waals surface area contributed by atoms with Crippen LogP contribution in [0, 0.1) is 18.7 Å². The molecule has 7 heteroatoms. The predicted octanol–water partition coefficient (Wildman–Crippen LogP) is 4.53. The number of imide groups is 1. The van der Waals surface area contributed by atoms with Crippen LogP contribution in [0.3, 0.4) is 0 Å². The van der Waals surface area contributed by atoms with Gasteiger partial charge in [0.05, 0.1) is 5.69 Å². The minimum atomic E-state index is -0.831. The van der Waals surface area contributed by atoms with Crippen LogP contribution in [0.4, 0.5) is 9.18 Å². The topological polar surface area (TPSA) is 88.3 Å². The molecule has 6 nitrogen and oxygen atoms in total. The zero-order chi connectivity index (χ0) is 22.3. The number of aromatic nitrogens is 1. The summed E-state index contributed by atoms with van der Waals surface area (Å²) in [6.07, 6.45) is 0.669. The highest BCUT2D eigenvalue weighted by Gasteiger charge is 2.29. The number of amides is 2. The van der Waals surface area contributed by atoms with Crippen LogP contribution in [-0.4, -0.2) is 17.0 Å². The number of aromatic amines is 1. The second kappa shape index (κ2) is 7.83. The standard InChI is InChI=1S/C24H21FN2O4/c1-12(2)16(11-20-23(29)27-24(30)31-20)18-9-13(3)21(26-22(18)28)15-8-7-14-5-4-6-19(25)17(14)10-15/h4-12,16H,1-3H3,(H,26,28)(H,27,29,30)/b20-11-. The summed E-state index contributed by atoms with van der Waals surface area (Å²) in [6.45, 7) is 5.67. The Hall–Kier alpha value is -3.74. The Balaban J connectivity index is 1.79. The van der Waals surface area contributed by atoms with Gasteiger partial charge in [0, 0.05) is 16.9 Å². The smallest absolute Gasteiger partial charge is 0.404 e. The summed E-state index contributed by atoms with van der Waals surface area (Å²) in [5.41, 5.74) is 2.21. The molecule has 0 spiro atoms. The van der Waals surface area contributed by atoms with Gasteiger partial charge in [0.1, 0.15) is 5.82 Å². The normalized spacial score (nSPS) is 16.1. The number of halogens is 1. The first-order valence-electron chi connectivity index (χ1n) is 9.92. The number of allylic oxidation sites excluding steroid dienone is 1. The highest BCUT2D eigenvalue weighted by Crippen LogP contribution is 2.30. The van der Waals surface area contributed by atoms with Crippen LogP contribution in [0.25, 0.3) is 22.0 Å². The van der Waals surface area contributed by atoms with Crippen molar-refractivity contribution in [3.05, 3.63) is 81.6 Å². The molecule has 0 radical (unpaired) electrons. The molecule has 1 fully saturated rings. The highest BCUT2D eigenvalue weighted by molar-refractivity contribution is 6.07. The fraction of sp³-hybridized carbons (Fsp3) is 0.208. The molecular formula is C24H21FN2O4. The molecule has 31 heavy (non-hydrogen) atoms. The molecule has 0 aliphatic carbocycles. The third-order valence-corrected chi connectivity index (χ3v) is 5.43. The van der Waals surface area contributed by atoms with E-state index in [0.717, 1.165) is 10.9 Å². The highest BCUT2D eigenvalue weighted by atomic mass is 19.1. The minimum Gasteiger partial charge on any atom is -0.404 e. The number of rotatable bonds is 4. The summed E-state index contributed by atoms with van der Waals surface area (Å²) < 4.78 is 19.1. The predicted molar refractivity (Wildman–Crippen MR) is 115 cm³/mol. The van der Waals surface area contributed by atoms with Gasteiger partial charge in [0.15, 0.2) is 5.76 Å². The summed E-state index contributed by atoms with van der Waals surface area (Å²) >= 11 is 0. The van der Waals surface area contributed by atoms with Gasteiger partial charge in [-0.2, -0.15) is 0 Å². The van der Waals surface area contributed by atoms with Crippen LogP contribution in [0.2, 0.25) is 0 Å². The summed E-state index contributed by atoms with van der Waals surface area (Å²) in [6, 6.07) is 12.0. The van der Waals surface area contributed by atoms with E-state index in [0.29, 0.717) is 22.2 Å². The number of fused-ring (bicyclic) bond motifs is 1. The van der Waals surface area contributed by atoms with Crippen molar-refractivity contribution in [1.82, 2.24) is 10.3 Å². The van der Waals surface area contributed by atoms with Crippen molar-refractivity contribution in [2.75, 3.05) is 0 Å². The second-order valence-electron chi connectivity index (χ2n) is 7.93. The number of ether oxygens (including phenoxy) is 1. The average Bonchev–Trinajstić information content (AvgIpc) is 3.04. The number of H-pyrrole nitrogens is 1. The van der Waals surface area contributed by atoms with Crippen molar-refractivity contribution in [2.45, 2.75) is 26.7 Å². The minimum absolute atomic E-state index is 0.0410. The molecule has 2 aromatic carbocycles. The van der Waals surface area contributed by atoms with Gasteiger partial charge in [-0.1, -0.05) is 38.1 Å². The molecule has 1 unspecified atom stereocenters. The molecule has 0 saturated carbocycles. The van der Waals surface area contributed by atoms with Crippen molar-refractivity contribution < 1.29 is 18.7 Å². The molecule has 1 aromatic heterocycles. The van der Waals surface area contributed by atoms with Gasteiger partial charge >= 0.3 is 6.09 Å². The van der Waals surface area contributed by atoms with Crippen LogP contribution in [0.5, 0.6) is 0 Å². The average molecular weight is 420 g/mol. The van der Waals surface area contributed by atoms with Crippen molar-refractivity contribution in [1.29, 1.82) is 0 Å². The molecule has 4 rings (SSSR count). The van der Waals surface area contributed by atoms with Gasteiger partial charge in [0.25, 0.3) is 11.5 Å². The number of carbonyl (C=O) groups is 2. The Kier molecular flexibility index (Phi) is 5.19. The van der Waals surface area contributed by atoms with E-state index in [4.69, 9.17) is 4.74 Å². The number of carbonyl (C=O) groups excluding carboxylic acids is 2. The zero-order valence-corrected chi connectivity index (χ0v) is 17.3. The largest absolute Gasteiger partial charge is 0.419 e. The number of hydrogen-bond acceptors (Lipinski definition) is 4. The fourth-order valence-corrected chi connectivity index (χ4v) is 3.83. The SMILES string of the molecule is Cc1cc(C(/C=C2\OC(=O)NC2=O)C(C)C)c(=O)[nH]c1-c1ccc2cccc(F)c2c1. The molecule has 158 valence electrons. The quantitative estimate of drug-likeness (QED) is 0.607. The van der Waals surface area contributed by atoms with E-state index in [1.54, 1.807) is 18.2 Å². The van der Waals surface area contributed by atoms with E-state index >= 15 is 0 Å². The number of hydrogen-bond donors (Lipinski definition) is 2. The lowest BCUT2D eigenvalue weighted by Crippen LogP contribution is -2.21. The fourth-order valence-electron chi connectivity index (χ4n) is 3.83. The van der Waals surface area contributed by atoms with Gasteiger partial charge in [-0.05, 0) is 53.6 Å². The molecule has 2 N–H and O–H groups in total. The number of cyclic esters (lactones) is 1. The van der Waals surface area contributed by atoms with Crippen molar-refractivity contribution in [3.63, 3.8) is 0 Å². The lowest BCUT2D eigenvalue weighted by molar-refractivity contribution is -0.116. The Morgan fingerprint density at radius 1 is 1.06 bits per heavy atom. The lowest BCUT2D eigenvalue weighted by Gasteiger charge is -2.19. The third-order valence-electron chi connectivity index (χ3n) is 5.43. The number of aryl methyl sites for hydroxylation is 1. The summed E-state index contributed by atoms with van der Waals surface area (Å²) in [5, 5.41) is 3.30. The van der Waals surface area contributed by atoms with E-state index in [-0.39, 0.29) is 23.1 Å². The molecule has 1 aliphatic rings. The van der Waals surface area contributed by atoms with Gasteiger partial charge in [-0.25, -0.2) is 9.18 Å². The number of nitrogens with one attached hydrogen (secondary N) is 2. The molecule has 1 atom stereocenters. The maximum atomic E-state index is 14.2. The number of benzene rings is 2. The van der Waals surface area contributed by atoms with Crippen molar-refractivity contribution in [2.24, 2.45) is 5.92 Å². The van der Waals surface area contributed by atoms with Gasteiger partial charge in [-0.15, -0.1) is 0 Å². The molecule has 2 amide bonds. The maximum Gasteiger partial charge on any atom is 0.419 e. The first-order valence-corrected chi connectivity index (χ1v) is 9.92. The van der Waals surface area contributed by atoms with Crippen LogP contribution >= 0.6 is 0 Å². The summed E-state index contributed by atoms with van der Waals surface area (Å²) in [7, 11) is 0. The molecule has 2 heterocycles. The molecule has 0 bridgehead atoms. The van der Waals surface area contributed by atoms with E-state index in [9.17, 15) is 18.8 Å². The summed E-state index contributed by atoms with van der Waals surface area (Å²) in [5.74, 6) is -1.56. The monoisotopic (exact) mass is 420 g/mol. The van der Waals surface area contributed by atoms with Crippen LogP contribution < -0.4 is 10.9 Å². The van der Waals surface area contributed by atoms with Crippen LogP contribution in [0.1, 0.15) is 30.9 Å². The number of alkyl carbamates (subject to hydrolysis) is 1. The van der Waals surface area contributed by atoms with E-state index in [1.165, 1.54) is 12.1 Å². The molecule has 3 aromatic rings. The lowest BCUT2D eigenvalue weighted by atomic mass is 9.87. The second-order valence-corrected chi connectivity index (χ2v) is 7.93. The van der Waals surface area contributed by atoms with Crippen LogP contribution in [-0.2, 0) is 9.53 Å². The van der Waals surface area contributed by atoms with Gasteiger partial charge in [0.2, 0.25) is 0 Å². The Morgan fingerprint density at radius 2 is 1.84 bits per heavy atom. The Bertz CT molecular complexity index is 1310. The third kappa shape index (κ3) is 3.86. The Labute approximate surface area is 177 Å². The maximum absolute atomic E-state index is 14.2. The summed E-state index contributed by atoms with van der Waals surface area (Å²) in [4.78, 5) is 39.1. The number of pyridine rings is 1. The van der Waals surface area contributed by atoms with Crippen molar-refractivity contribution in [3.8, 4) is 11.3 Å². The zero-order valence-electron chi connectivity index (χ0n) is 17.3. The van der Waals surface area contributed by atoms with Crippen molar-refractivity contribution >= 4 is 22.8 Å².